The van der Waals surface area contributed by atoms with Crippen molar-refractivity contribution in [2.45, 2.75) is 13.8 Å². The van der Waals surface area contributed by atoms with E-state index in [1.807, 2.05) is 44.2 Å². The zero-order chi connectivity index (χ0) is 18.0. The van der Waals surface area contributed by atoms with Crippen molar-refractivity contribution in [2.24, 2.45) is 5.92 Å². The Morgan fingerprint density at radius 2 is 1.80 bits per heavy atom. The lowest BCUT2D eigenvalue weighted by atomic mass is 10.0. The van der Waals surface area contributed by atoms with Crippen LogP contribution in [-0.4, -0.2) is 24.4 Å². The molecule has 1 heterocycles. The van der Waals surface area contributed by atoms with Gasteiger partial charge in [0, 0.05) is 12.2 Å². The Bertz CT molecular complexity index is 830. The van der Waals surface area contributed by atoms with Crippen LogP contribution < -0.4 is 15.5 Å². The largest absolute Gasteiger partial charge is 0.336 e. The lowest BCUT2D eigenvalue weighted by Gasteiger charge is -2.30. The number of rotatable bonds is 3. The summed E-state index contributed by atoms with van der Waals surface area (Å²) in [6.07, 6.45) is 0. The minimum absolute atomic E-state index is 0.0162. The molecule has 1 fully saturated rings. The fourth-order valence-electron chi connectivity index (χ4n) is 2.71. The third kappa shape index (κ3) is 3.52. The Labute approximate surface area is 145 Å². The molecule has 128 valence electrons. The van der Waals surface area contributed by atoms with Gasteiger partial charge in [-0.05, 0) is 43.7 Å². The van der Waals surface area contributed by atoms with Crippen molar-refractivity contribution in [1.29, 1.82) is 0 Å². The van der Waals surface area contributed by atoms with E-state index in [0.29, 0.717) is 11.4 Å². The maximum atomic E-state index is 12.7. The number of aryl methyl sites for hydroxylation is 2. The molecule has 1 aliphatic rings. The van der Waals surface area contributed by atoms with Gasteiger partial charge in [-0.3, -0.25) is 9.59 Å². The highest BCUT2D eigenvalue weighted by Gasteiger charge is 2.39. The number of hydrogen-bond donors (Lipinski definition) is 2. The first-order valence-corrected chi connectivity index (χ1v) is 8.02. The van der Waals surface area contributed by atoms with E-state index in [1.165, 1.54) is 0 Å². The van der Waals surface area contributed by atoms with E-state index in [2.05, 4.69) is 10.6 Å². The Kier molecular flexibility index (Phi) is 4.52. The molecule has 0 saturated carbocycles. The van der Waals surface area contributed by atoms with Crippen LogP contribution in [0, 0.1) is 19.8 Å². The second-order valence-electron chi connectivity index (χ2n) is 6.11. The lowest BCUT2D eigenvalue weighted by molar-refractivity contribution is -0.130. The molecule has 4 amide bonds. The van der Waals surface area contributed by atoms with Crippen molar-refractivity contribution >= 4 is 29.2 Å². The van der Waals surface area contributed by atoms with Crippen LogP contribution >= 0.6 is 0 Å². The molecule has 0 bridgehead atoms. The molecule has 2 N–H and O–H groups in total. The highest BCUT2D eigenvalue weighted by Crippen LogP contribution is 2.21. The maximum absolute atomic E-state index is 12.7. The van der Waals surface area contributed by atoms with Gasteiger partial charge in [-0.2, -0.15) is 0 Å². The summed E-state index contributed by atoms with van der Waals surface area (Å²) in [5.41, 5.74) is 3.09. The van der Waals surface area contributed by atoms with Crippen molar-refractivity contribution in [1.82, 2.24) is 5.32 Å². The van der Waals surface area contributed by atoms with Crippen LogP contribution in [0.1, 0.15) is 11.1 Å². The molecule has 2 aromatic rings. The van der Waals surface area contributed by atoms with Crippen molar-refractivity contribution in [2.75, 3.05) is 16.8 Å². The summed E-state index contributed by atoms with van der Waals surface area (Å²) in [5.74, 6) is -1.94. The number of benzene rings is 2. The molecule has 6 heteroatoms. The molecule has 1 saturated heterocycles. The molecule has 1 unspecified atom stereocenters. The lowest BCUT2D eigenvalue weighted by Crippen LogP contribution is -2.58. The van der Waals surface area contributed by atoms with E-state index in [9.17, 15) is 14.4 Å². The van der Waals surface area contributed by atoms with Crippen LogP contribution in [0.2, 0.25) is 0 Å². The first-order chi connectivity index (χ1) is 12.0. The Hall–Kier alpha value is -3.15. The predicted octanol–water partition coefficient (Wildman–Crippen LogP) is 2.61. The smallest absolute Gasteiger partial charge is 0.328 e. The number of anilines is 2. The molecule has 1 aliphatic heterocycles. The van der Waals surface area contributed by atoms with E-state index < -0.39 is 23.8 Å². The molecule has 25 heavy (non-hydrogen) atoms. The monoisotopic (exact) mass is 337 g/mol. The van der Waals surface area contributed by atoms with Gasteiger partial charge in [0.25, 0.3) is 0 Å². The molecular formula is C19H19N3O3. The van der Waals surface area contributed by atoms with Crippen LogP contribution in [0.15, 0.2) is 48.5 Å². The molecule has 0 radical (unpaired) electrons. The highest BCUT2D eigenvalue weighted by molar-refractivity contribution is 6.23. The second kappa shape index (κ2) is 6.76. The normalized spacial score (nSPS) is 17.2. The van der Waals surface area contributed by atoms with E-state index in [-0.39, 0.29) is 6.54 Å². The molecule has 0 spiro atoms. The van der Waals surface area contributed by atoms with Crippen molar-refractivity contribution in [3.05, 3.63) is 59.7 Å². The van der Waals surface area contributed by atoms with Gasteiger partial charge in [0.05, 0.1) is 5.69 Å². The van der Waals surface area contributed by atoms with Gasteiger partial charge in [0.1, 0.15) is 5.92 Å². The fraction of sp³-hybridized carbons (Fsp3) is 0.211. The van der Waals surface area contributed by atoms with Gasteiger partial charge in [-0.15, -0.1) is 0 Å². The summed E-state index contributed by atoms with van der Waals surface area (Å²) in [7, 11) is 0. The molecular weight excluding hydrogens is 318 g/mol. The van der Waals surface area contributed by atoms with Gasteiger partial charge in [-0.25, -0.2) is 9.69 Å². The minimum atomic E-state index is -0.973. The molecule has 0 aliphatic carbocycles. The molecule has 3 rings (SSSR count). The highest BCUT2D eigenvalue weighted by atomic mass is 16.2. The van der Waals surface area contributed by atoms with Crippen molar-refractivity contribution < 1.29 is 14.4 Å². The SMILES string of the molecule is Cc1ccc(N2C(=O)NCC(C(=O)Nc3cccc(C)c3)C2=O)cc1. The number of amides is 4. The topological polar surface area (TPSA) is 78.5 Å². The first kappa shape index (κ1) is 16.7. The average Bonchev–Trinajstić information content (AvgIpc) is 2.56. The minimum Gasteiger partial charge on any atom is -0.336 e. The number of carbonyl (C=O) groups excluding carboxylic acids is 3. The molecule has 1 atom stereocenters. The third-order valence-electron chi connectivity index (χ3n) is 4.07. The zero-order valence-electron chi connectivity index (χ0n) is 14.1. The van der Waals surface area contributed by atoms with Crippen LogP contribution in [0.3, 0.4) is 0 Å². The summed E-state index contributed by atoms with van der Waals surface area (Å²) in [4.78, 5) is 38.4. The molecule has 0 aromatic heterocycles. The Morgan fingerprint density at radius 3 is 2.48 bits per heavy atom. The predicted molar refractivity (Wildman–Crippen MR) is 95.4 cm³/mol. The van der Waals surface area contributed by atoms with Gasteiger partial charge < -0.3 is 10.6 Å². The quantitative estimate of drug-likeness (QED) is 0.845. The third-order valence-corrected chi connectivity index (χ3v) is 4.07. The van der Waals surface area contributed by atoms with Crippen LogP contribution in [0.25, 0.3) is 0 Å². The number of imide groups is 1. The van der Waals surface area contributed by atoms with E-state index in [1.54, 1.807) is 18.2 Å². The number of nitrogens with one attached hydrogen (secondary N) is 2. The second-order valence-corrected chi connectivity index (χ2v) is 6.11. The van der Waals surface area contributed by atoms with Gasteiger partial charge in [0.15, 0.2) is 0 Å². The van der Waals surface area contributed by atoms with E-state index >= 15 is 0 Å². The number of carbonyl (C=O) groups is 3. The average molecular weight is 337 g/mol. The summed E-state index contributed by atoms with van der Waals surface area (Å²) in [5, 5.41) is 5.35. The summed E-state index contributed by atoms with van der Waals surface area (Å²) < 4.78 is 0. The van der Waals surface area contributed by atoms with Gasteiger partial charge in [-0.1, -0.05) is 29.8 Å². The fourth-order valence-corrected chi connectivity index (χ4v) is 2.71. The van der Waals surface area contributed by atoms with Gasteiger partial charge in [0.2, 0.25) is 11.8 Å². The van der Waals surface area contributed by atoms with Gasteiger partial charge >= 0.3 is 6.03 Å². The molecule has 6 nitrogen and oxygen atoms in total. The standard InChI is InChI=1S/C19H19N3O3/c1-12-6-8-15(9-7-12)22-18(24)16(11-20-19(22)25)17(23)21-14-5-3-4-13(2)10-14/h3-10,16H,11H2,1-2H3,(H,20,25)(H,21,23). The van der Waals surface area contributed by atoms with Crippen LogP contribution in [0.5, 0.6) is 0 Å². The number of nitrogens with zero attached hydrogens (tertiary/aromatic N) is 1. The number of hydrogen-bond acceptors (Lipinski definition) is 3. The number of urea groups is 1. The van der Waals surface area contributed by atoms with Crippen molar-refractivity contribution in [3.8, 4) is 0 Å². The zero-order valence-corrected chi connectivity index (χ0v) is 14.1. The van der Waals surface area contributed by atoms with Crippen LogP contribution in [0.4, 0.5) is 16.2 Å². The Morgan fingerprint density at radius 1 is 1.08 bits per heavy atom. The van der Waals surface area contributed by atoms with Crippen molar-refractivity contribution in [3.63, 3.8) is 0 Å². The van der Waals surface area contributed by atoms with E-state index in [4.69, 9.17) is 0 Å². The Balaban J connectivity index is 1.80. The summed E-state index contributed by atoms with van der Waals surface area (Å²) in [6.45, 7) is 3.82. The molecule has 2 aromatic carbocycles. The van der Waals surface area contributed by atoms with Crippen LogP contribution in [-0.2, 0) is 9.59 Å². The summed E-state index contributed by atoms with van der Waals surface area (Å²) in [6, 6.07) is 13.8. The summed E-state index contributed by atoms with van der Waals surface area (Å²) >= 11 is 0. The maximum Gasteiger partial charge on any atom is 0.328 e. The first-order valence-electron chi connectivity index (χ1n) is 8.02. The van der Waals surface area contributed by atoms with E-state index in [0.717, 1.165) is 16.0 Å².